The summed E-state index contributed by atoms with van der Waals surface area (Å²) in [4.78, 5) is 0. The topological polar surface area (TPSA) is 23.8 Å². The van der Waals surface area contributed by atoms with Crippen molar-refractivity contribution in [2.45, 2.75) is 45.7 Å². The van der Waals surface area contributed by atoms with Crippen LogP contribution in [0.1, 0.15) is 40.0 Å². The predicted molar refractivity (Wildman–Crippen MR) is 61.5 cm³/mol. The van der Waals surface area contributed by atoms with E-state index in [9.17, 15) is 0 Å². The Morgan fingerprint density at radius 2 is 1.85 bits per heavy atom. The lowest BCUT2D eigenvalue weighted by atomic mass is 9.83. The molecule has 0 bridgehead atoms. The summed E-state index contributed by atoms with van der Waals surface area (Å²) in [5, 5.41) is 8.78. The maximum Gasteiger partial charge on any atom is 0.0656 e. The van der Waals surface area contributed by atoms with Gasteiger partial charge in [-0.05, 0) is 37.5 Å². The molecular weight excluding hydrogens is 177 g/mol. The van der Waals surface area contributed by atoms with Crippen LogP contribution in [0, 0.1) is 23.2 Å². The molecule has 0 spiro atoms. The Morgan fingerprint density at radius 1 is 1.23 bits per heavy atom. The van der Waals surface area contributed by atoms with E-state index in [4.69, 9.17) is 5.26 Å². The molecule has 2 heteroatoms. The average Bonchev–Trinajstić information content (AvgIpc) is 2.20. The summed E-state index contributed by atoms with van der Waals surface area (Å²) in [5.41, 5.74) is 0.850. The largest absolute Gasteiger partial charge is 0.198 e. The number of hydrogen-bond donors (Lipinski definition) is 0. The number of hydrogen-bond acceptors (Lipinski definition) is 1. The van der Waals surface area contributed by atoms with Crippen LogP contribution < -0.4 is 0 Å². The Kier molecular flexibility index (Phi) is 7.29. The van der Waals surface area contributed by atoms with Crippen LogP contribution in [0.3, 0.4) is 0 Å². The van der Waals surface area contributed by atoms with Crippen molar-refractivity contribution < 1.29 is 0 Å². The lowest BCUT2D eigenvalue weighted by Crippen LogP contribution is -2.21. The lowest BCUT2D eigenvalue weighted by Gasteiger charge is -2.28. The number of rotatable bonds is 1. The van der Waals surface area contributed by atoms with Crippen molar-refractivity contribution in [2.24, 2.45) is 11.8 Å². The molecule has 0 aromatic heterocycles. The van der Waals surface area contributed by atoms with Crippen LogP contribution in [-0.2, 0) is 0 Å². The lowest BCUT2D eigenvalue weighted by molar-refractivity contribution is 0.338. The minimum absolute atomic E-state index is 0.358. The summed E-state index contributed by atoms with van der Waals surface area (Å²) in [7, 11) is 1.03. The fourth-order valence-corrected chi connectivity index (χ4v) is 3.10. The SMILES string of the molecule is CC.CPC1CC(C)CC(C#N)C1. The highest BCUT2D eigenvalue weighted by atomic mass is 31.1. The van der Waals surface area contributed by atoms with E-state index in [0.29, 0.717) is 5.92 Å². The van der Waals surface area contributed by atoms with Crippen LogP contribution in [-0.4, -0.2) is 12.3 Å². The van der Waals surface area contributed by atoms with Crippen LogP contribution in [0.25, 0.3) is 0 Å². The van der Waals surface area contributed by atoms with Crippen LogP contribution in [0.5, 0.6) is 0 Å². The normalized spacial score (nSPS) is 33.6. The van der Waals surface area contributed by atoms with E-state index in [1.165, 1.54) is 6.42 Å². The third-order valence-electron chi connectivity index (χ3n) is 2.53. The van der Waals surface area contributed by atoms with Crippen molar-refractivity contribution in [1.29, 1.82) is 5.26 Å². The van der Waals surface area contributed by atoms with Crippen molar-refractivity contribution in [2.75, 3.05) is 6.66 Å². The molecule has 13 heavy (non-hydrogen) atoms. The second-order valence-corrected chi connectivity index (χ2v) is 5.02. The van der Waals surface area contributed by atoms with Crippen molar-refractivity contribution in [1.82, 2.24) is 0 Å². The van der Waals surface area contributed by atoms with Gasteiger partial charge in [0.1, 0.15) is 0 Å². The van der Waals surface area contributed by atoms with E-state index in [0.717, 1.165) is 33.0 Å². The zero-order chi connectivity index (χ0) is 10.3. The molecule has 0 amide bonds. The monoisotopic (exact) mass is 199 g/mol. The van der Waals surface area contributed by atoms with Gasteiger partial charge < -0.3 is 0 Å². The van der Waals surface area contributed by atoms with Gasteiger partial charge in [0.05, 0.1) is 6.07 Å². The number of nitriles is 1. The maximum atomic E-state index is 8.78. The molecule has 0 aromatic carbocycles. The van der Waals surface area contributed by atoms with Crippen molar-refractivity contribution in [3.8, 4) is 6.07 Å². The summed E-state index contributed by atoms with van der Waals surface area (Å²) in [6, 6.07) is 2.40. The molecule has 0 N–H and O–H groups in total. The highest BCUT2D eigenvalue weighted by Crippen LogP contribution is 2.36. The molecule has 76 valence electrons. The van der Waals surface area contributed by atoms with Crippen LogP contribution in [0.4, 0.5) is 0 Å². The van der Waals surface area contributed by atoms with Crippen LogP contribution >= 0.6 is 8.58 Å². The molecule has 0 aliphatic heterocycles. The van der Waals surface area contributed by atoms with Gasteiger partial charge in [0, 0.05) is 5.92 Å². The van der Waals surface area contributed by atoms with E-state index >= 15 is 0 Å². The average molecular weight is 199 g/mol. The molecule has 4 unspecified atom stereocenters. The third kappa shape index (κ3) is 4.63. The van der Waals surface area contributed by atoms with Gasteiger partial charge in [-0.2, -0.15) is 5.26 Å². The van der Waals surface area contributed by atoms with E-state index in [1.54, 1.807) is 0 Å². The van der Waals surface area contributed by atoms with Gasteiger partial charge in [-0.25, -0.2) is 0 Å². The first-order valence-corrected chi connectivity index (χ1v) is 6.91. The van der Waals surface area contributed by atoms with Crippen LogP contribution in [0.15, 0.2) is 0 Å². The number of nitrogens with zero attached hydrogens (tertiary/aromatic N) is 1. The zero-order valence-corrected chi connectivity index (χ0v) is 10.3. The molecule has 1 aliphatic carbocycles. The van der Waals surface area contributed by atoms with E-state index in [-0.39, 0.29) is 0 Å². The quantitative estimate of drug-likeness (QED) is 0.591. The first kappa shape index (κ1) is 12.9. The minimum atomic E-state index is 0.358. The fourth-order valence-electron chi connectivity index (χ4n) is 1.94. The highest BCUT2D eigenvalue weighted by Gasteiger charge is 2.24. The molecule has 0 saturated heterocycles. The summed E-state index contributed by atoms with van der Waals surface area (Å²) in [6.45, 7) is 8.54. The molecule has 0 radical (unpaired) electrons. The van der Waals surface area contributed by atoms with Gasteiger partial charge in [-0.1, -0.05) is 20.8 Å². The van der Waals surface area contributed by atoms with Crippen molar-refractivity contribution >= 4 is 8.58 Å². The summed E-state index contributed by atoms with van der Waals surface area (Å²) in [6.07, 6.45) is 3.65. The van der Waals surface area contributed by atoms with Gasteiger partial charge in [0.25, 0.3) is 0 Å². The standard InChI is InChI=1S/C9H16NP.C2H6/c1-7-3-8(6-10)5-9(4-7)11-2;1-2/h7-9,11H,3-5H2,1-2H3;1-2H3. The molecule has 0 aromatic rings. The van der Waals surface area contributed by atoms with E-state index in [2.05, 4.69) is 19.7 Å². The first-order chi connectivity index (χ1) is 6.26. The van der Waals surface area contributed by atoms with Gasteiger partial charge in [-0.15, -0.1) is 8.58 Å². The Morgan fingerprint density at radius 3 is 2.31 bits per heavy atom. The maximum absolute atomic E-state index is 8.78. The highest BCUT2D eigenvalue weighted by molar-refractivity contribution is 7.37. The predicted octanol–water partition coefficient (Wildman–Crippen LogP) is 3.65. The molecule has 0 heterocycles. The van der Waals surface area contributed by atoms with Gasteiger partial charge in [0.15, 0.2) is 0 Å². The smallest absolute Gasteiger partial charge is 0.0656 e. The molecule has 1 fully saturated rings. The molecule has 1 aliphatic rings. The summed E-state index contributed by atoms with van der Waals surface area (Å²) in [5.74, 6) is 1.14. The molecule has 1 nitrogen and oxygen atoms in total. The molecular formula is C11H22NP. The van der Waals surface area contributed by atoms with E-state index in [1.807, 2.05) is 13.8 Å². The fraction of sp³-hybridized carbons (Fsp3) is 0.909. The van der Waals surface area contributed by atoms with Crippen LogP contribution in [0.2, 0.25) is 0 Å². The van der Waals surface area contributed by atoms with Gasteiger partial charge in [0.2, 0.25) is 0 Å². The molecule has 4 atom stereocenters. The Labute approximate surface area is 84.7 Å². The Hall–Kier alpha value is -0.0800. The zero-order valence-electron chi connectivity index (χ0n) is 9.30. The first-order valence-electron chi connectivity index (χ1n) is 5.33. The molecule has 1 rings (SSSR count). The summed E-state index contributed by atoms with van der Waals surface area (Å²) < 4.78 is 0. The summed E-state index contributed by atoms with van der Waals surface area (Å²) >= 11 is 0. The van der Waals surface area contributed by atoms with Crippen molar-refractivity contribution in [3.63, 3.8) is 0 Å². The third-order valence-corrected chi connectivity index (χ3v) is 3.82. The molecule has 1 saturated carbocycles. The minimum Gasteiger partial charge on any atom is -0.198 e. The van der Waals surface area contributed by atoms with Crippen molar-refractivity contribution in [3.05, 3.63) is 0 Å². The van der Waals surface area contributed by atoms with E-state index < -0.39 is 0 Å². The Balaban J connectivity index is 0.000000671. The van der Waals surface area contributed by atoms with Gasteiger partial charge in [-0.3, -0.25) is 0 Å². The second-order valence-electron chi connectivity index (χ2n) is 3.62. The second kappa shape index (κ2) is 7.34. The Bertz CT molecular complexity index is 162. The van der Waals surface area contributed by atoms with Gasteiger partial charge >= 0.3 is 0 Å².